The molecule has 128 valence electrons. The second-order valence-electron chi connectivity index (χ2n) is 5.25. The molecule has 2 aromatic carbocycles. The molecule has 0 spiro atoms. The van der Waals surface area contributed by atoms with Gasteiger partial charge in [0, 0.05) is 5.02 Å². The number of para-hydroxylation sites is 2. The normalized spacial score (nSPS) is 11.7. The molecular weight excluding hydrogens is 356 g/mol. The lowest BCUT2D eigenvalue weighted by molar-refractivity contribution is 0.543. The lowest BCUT2D eigenvalue weighted by atomic mass is 10.2. The van der Waals surface area contributed by atoms with Crippen molar-refractivity contribution in [1.29, 1.82) is 0 Å². The molecule has 0 amide bonds. The minimum absolute atomic E-state index is 0.0643. The Labute approximate surface area is 151 Å². The predicted molar refractivity (Wildman–Crippen MR) is 97.4 cm³/mol. The highest BCUT2D eigenvalue weighted by Gasteiger charge is 2.19. The molecule has 2 heterocycles. The van der Waals surface area contributed by atoms with Crippen LogP contribution in [-0.4, -0.2) is 25.9 Å². The minimum atomic E-state index is -0.418. The van der Waals surface area contributed by atoms with Crippen molar-refractivity contribution < 1.29 is 4.42 Å². The van der Waals surface area contributed by atoms with Gasteiger partial charge in [0.05, 0.1) is 16.7 Å². The summed E-state index contributed by atoms with van der Waals surface area (Å²) in [6, 6.07) is 14.1. The number of aromatic amines is 1. The lowest BCUT2D eigenvalue weighted by Gasteiger charge is -2.05. The Morgan fingerprint density at radius 3 is 2.73 bits per heavy atom. The predicted octanol–water partition coefficient (Wildman–Crippen LogP) is 2.82. The van der Waals surface area contributed by atoms with E-state index in [1.54, 1.807) is 36.4 Å². The van der Waals surface area contributed by atoms with E-state index >= 15 is 0 Å². The first kappa shape index (κ1) is 16.0. The van der Waals surface area contributed by atoms with Gasteiger partial charge >= 0.3 is 0 Å². The highest BCUT2D eigenvalue weighted by molar-refractivity contribution is 6.30. The molecule has 8 nitrogen and oxygen atoms in total. The molecule has 0 atom stereocenters. The van der Waals surface area contributed by atoms with Crippen LogP contribution in [-0.2, 0) is 0 Å². The molecule has 0 radical (unpaired) electrons. The average molecular weight is 367 g/mol. The fourth-order valence-corrected chi connectivity index (χ4v) is 2.44. The smallest absolute Gasteiger partial charge is 0.276 e. The first-order valence-corrected chi connectivity index (χ1v) is 7.94. The molecule has 9 heteroatoms. The number of H-pyrrole nitrogens is 1. The molecule has 0 aliphatic rings. The zero-order valence-electron chi connectivity index (χ0n) is 13.2. The van der Waals surface area contributed by atoms with Gasteiger partial charge in [-0.1, -0.05) is 23.7 Å². The number of benzene rings is 2. The monoisotopic (exact) mass is 366 g/mol. The Kier molecular flexibility index (Phi) is 4.16. The molecule has 4 rings (SSSR count). The molecule has 0 saturated carbocycles. The van der Waals surface area contributed by atoms with Gasteiger partial charge in [-0.2, -0.15) is 5.10 Å². The van der Waals surface area contributed by atoms with Gasteiger partial charge in [-0.15, -0.1) is 10.2 Å². The van der Waals surface area contributed by atoms with Crippen LogP contribution in [0.15, 0.2) is 69.2 Å². The van der Waals surface area contributed by atoms with E-state index in [0.717, 1.165) is 6.39 Å². The fraction of sp³-hybridized carbons (Fsp3) is 0. The number of hydrogen-bond acceptors (Lipinski definition) is 7. The van der Waals surface area contributed by atoms with Crippen LogP contribution in [0, 0.1) is 0 Å². The van der Waals surface area contributed by atoms with E-state index in [0.29, 0.717) is 21.7 Å². The number of rotatable bonds is 4. The summed E-state index contributed by atoms with van der Waals surface area (Å²) in [6.07, 6.45) is 1.16. The molecule has 0 saturated heterocycles. The Morgan fingerprint density at radius 1 is 1.15 bits per heavy atom. The highest BCUT2D eigenvalue weighted by atomic mass is 35.5. The van der Waals surface area contributed by atoms with E-state index in [-0.39, 0.29) is 17.3 Å². The van der Waals surface area contributed by atoms with E-state index in [9.17, 15) is 4.79 Å². The highest BCUT2D eigenvalue weighted by Crippen LogP contribution is 2.14. The molecule has 0 aliphatic heterocycles. The third kappa shape index (κ3) is 3.17. The summed E-state index contributed by atoms with van der Waals surface area (Å²) < 4.78 is 5.22. The van der Waals surface area contributed by atoms with Crippen molar-refractivity contribution >= 4 is 34.0 Å². The van der Waals surface area contributed by atoms with Crippen LogP contribution in [0.3, 0.4) is 0 Å². The standard InChI is InChI=1S/C17H11ClN6O2/c18-10-5-7-11(8-6-10)22-23-15(17-24-19-9-26-17)14-16(25)21-13-4-2-1-3-12(13)20-14/h1-9,22H,(H,21,25)/b23-15-. The maximum Gasteiger partial charge on any atom is 0.276 e. The molecule has 0 unspecified atom stereocenters. The number of halogens is 1. The quantitative estimate of drug-likeness (QED) is 0.424. The summed E-state index contributed by atoms with van der Waals surface area (Å²) in [5, 5.41) is 12.3. The number of aromatic nitrogens is 4. The maximum absolute atomic E-state index is 12.5. The Bertz CT molecular complexity index is 1140. The summed E-state index contributed by atoms with van der Waals surface area (Å²) >= 11 is 5.88. The summed E-state index contributed by atoms with van der Waals surface area (Å²) in [5.74, 6) is 0.0692. The van der Waals surface area contributed by atoms with Crippen molar-refractivity contribution in [2.45, 2.75) is 0 Å². The molecule has 2 N–H and O–H groups in total. The van der Waals surface area contributed by atoms with Crippen molar-refractivity contribution in [3.05, 3.63) is 81.9 Å². The lowest BCUT2D eigenvalue weighted by Crippen LogP contribution is -2.22. The number of anilines is 1. The number of nitrogens with one attached hydrogen (secondary N) is 2. The van der Waals surface area contributed by atoms with Gasteiger partial charge < -0.3 is 9.40 Å². The van der Waals surface area contributed by atoms with E-state index in [4.69, 9.17) is 16.0 Å². The first-order chi connectivity index (χ1) is 12.7. The summed E-state index contributed by atoms with van der Waals surface area (Å²) in [7, 11) is 0. The molecule has 4 aromatic rings. The first-order valence-electron chi connectivity index (χ1n) is 7.56. The Hall–Kier alpha value is -3.52. The Balaban J connectivity index is 1.81. The minimum Gasteiger partial charge on any atom is -0.422 e. The van der Waals surface area contributed by atoms with Gasteiger partial charge in [0.15, 0.2) is 11.4 Å². The Morgan fingerprint density at radius 2 is 1.96 bits per heavy atom. The topological polar surface area (TPSA) is 109 Å². The van der Waals surface area contributed by atoms with Crippen LogP contribution in [0.4, 0.5) is 5.69 Å². The molecule has 0 fully saturated rings. The third-order valence-corrected chi connectivity index (χ3v) is 3.78. The second-order valence-corrected chi connectivity index (χ2v) is 5.69. The molecule has 0 bridgehead atoms. The van der Waals surface area contributed by atoms with Crippen molar-refractivity contribution in [3.8, 4) is 0 Å². The maximum atomic E-state index is 12.5. The summed E-state index contributed by atoms with van der Waals surface area (Å²) in [6.45, 7) is 0. The van der Waals surface area contributed by atoms with Gasteiger partial charge in [-0.3, -0.25) is 10.2 Å². The fourth-order valence-electron chi connectivity index (χ4n) is 2.31. The van der Waals surface area contributed by atoms with E-state index in [1.807, 2.05) is 12.1 Å². The van der Waals surface area contributed by atoms with E-state index in [2.05, 4.69) is 30.7 Å². The number of nitrogens with zero attached hydrogens (tertiary/aromatic N) is 4. The molecule has 26 heavy (non-hydrogen) atoms. The van der Waals surface area contributed by atoms with Gasteiger partial charge in [-0.05, 0) is 36.4 Å². The van der Waals surface area contributed by atoms with Crippen LogP contribution in [0.1, 0.15) is 11.6 Å². The SMILES string of the molecule is O=c1[nH]c2ccccc2nc1/C(=N/Nc1ccc(Cl)cc1)c1nnco1. The number of fused-ring (bicyclic) bond motifs is 1. The summed E-state index contributed by atoms with van der Waals surface area (Å²) in [4.78, 5) is 19.7. The number of hydrogen-bond donors (Lipinski definition) is 2. The average Bonchev–Trinajstić information content (AvgIpc) is 3.18. The van der Waals surface area contributed by atoms with Crippen molar-refractivity contribution in [2.24, 2.45) is 5.10 Å². The zero-order chi connectivity index (χ0) is 17.9. The van der Waals surface area contributed by atoms with Crippen LogP contribution in [0.25, 0.3) is 11.0 Å². The second kappa shape index (κ2) is 6.77. The van der Waals surface area contributed by atoms with Crippen LogP contribution < -0.4 is 11.0 Å². The van der Waals surface area contributed by atoms with Gasteiger partial charge in [0.1, 0.15) is 0 Å². The van der Waals surface area contributed by atoms with E-state index in [1.165, 1.54) is 0 Å². The zero-order valence-corrected chi connectivity index (χ0v) is 13.9. The van der Waals surface area contributed by atoms with Crippen molar-refractivity contribution in [1.82, 2.24) is 20.2 Å². The van der Waals surface area contributed by atoms with Crippen LogP contribution in [0.5, 0.6) is 0 Å². The third-order valence-electron chi connectivity index (χ3n) is 3.53. The van der Waals surface area contributed by atoms with E-state index < -0.39 is 5.56 Å². The van der Waals surface area contributed by atoms with Gasteiger partial charge in [0.2, 0.25) is 6.39 Å². The molecule has 0 aliphatic carbocycles. The van der Waals surface area contributed by atoms with Crippen molar-refractivity contribution in [2.75, 3.05) is 5.43 Å². The summed E-state index contributed by atoms with van der Waals surface area (Å²) in [5.41, 5.74) is 4.52. The van der Waals surface area contributed by atoms with Gasteiger partial charge in [0.25, 0.3) is 11.4 Å². The van der Waals surface area contributed by atoms with Crippen LogP contribution in [0.2, 0.25) is 5.02 Å². The van der Waals surface area contributed by atoms with Gasteiger partial charge in [-0.25, -0.2) is 4.98 Å². The number of hydrazone groups is 1. The van der Waals surface area contributed by atoms with Crippen LogP contribution >= 0.6 is 11.6 Å². The van der Waals surface area contributed by atoms with Crippen molar-refractivity contribution in [3.63, 3.8) is 0 Å². The molecule has 2 aromatic heterocycles. The molecular formula is C17H11ClN6O2. The largest absolute Gasteiger partial charge is 0.422 e.